The summed E-state index contributed by atoms with van der Waals surface area (Å²) in [6.45, 7) is 1.74. The molecule has 0 aliphatic carbocycles. The number of aromatic amines is 1. The second kappa shape index (κ2) is 7.26. The molecule has 3 aromatic rings. The molecule has 0 saturated heterocycles. The first-order valence-electron chi connectivity index (χ1n) is 8.19. The van der Waals surface area contributed by atoms with Crippen LogP contribution in [-0.2, 0) is 16.1 Å². The summed E-state index contributed by atoms with van der Waals surface area (Å²) in [5.74, 6) is -1.44. The third-order valence-corrected chi connectivity index (χ3v) is 4.18. The summed E-state index contributed by atoms with van der Waals surface area (Å²) in [6.07, 6.45) is -0.239. The van der Waals surface area contributed by atoms with Gasteiger partial charge in [0.15, 0.2) is 0 Å². The Morgan fingerprint density at radius 2 is 1.85 bits per heavy atom. The second-order valence-electron chi connectivity index (χ2n) is 6.16. The molecular formula is C19H19N3O4. The summed E-state index contributed by atoms with van der Waals surface area (Å²) in [4.78, 5) is 38.4. The zero-order valence-electron chi connectivity index (χ0n) is 14.2. The number of H-pyrrole nitrogens is 1. The molecule has 3 rings (SSSR count). The fraction of sp³-hybridized carbons (Fsp3) is 0.211. The lowest BCUT2D eigenvalue weighted by Gasteiger charge is -2.18. The summed E-state index contributed by atoms with van der Waals surface area (Å²) < 4.78 is 1.33. The molecule has 7 nitrogen and oxygen atoms in total. The van der Waals surface area contributed by atoms with Gasteiger partial charge in [0.2, 0.25) is 5.91 Å². The quantitative estimate of drug-likeness (QED) is 0.630. The molecule has 1 amide bonds. The van der Waals surface area contributed by atoms with Gasteiger partial charge in [0, 0.05) is 0 Å². The molecule has 0 bridgehead atoms. The standard InChI is InChI=1S/C19H19N3O4/c1-12-6-8-13(9-7-12)15(10-18(24)25)20-17(23)11-22-16-5-3-2-4-14(16)21-19(22)26/h2-9,15H,10-11H2,1H3,(H,20,23)(H,21,26)(H,24,25). The van der Waals surface area contributed by atoms with Gasteiger partial charge >= 0.3 is 11.7 Å². The third kappa shape index (κ3) is 3.83. The number of hydrogen-bond donors (Lipinski definition) is 3. The van der Waals surface area contributed by atoms with Crippen LogP contribution in [0.5, 0.6) is 0 Å². The van der Waals surface area contributed by atoms with E-state index >= 15 is 0 Å². The van der Waals surface area contributed by atoms with Gasteiger partial charge in [0.05, 0.1) is 23.5 Å². The number of aryl methyl sites for hydroxylation is 1. The van der Waals surface area contributed by atoms with Gasteiger partial charge in [0.1, 0.15) is 6.54 Å². The van der Waals surface area contributed by atoms with Crippen LogP contribution in [0.4, 0.5) is 0 Å². The second-order valence-corrected chi connectivity index (χ2v) is 6.16. The number of para-hydroxylation sites is 2. The fourth-order valence-electron chi connectivity index (χ4n) is 2.87. The molecule has 0 aliphatic rings. The molecule has 0 radical (unpaired) electrons. The molecule has 1 aromatic heterocycles. The van der Waals surface area contributed by atoms with Crippen molar-refractivity contribution in [1.29, 1.82) is 0 Å². The molecule has 1 unspecified atom stereocenters. The number of hydrogen-bond acceptors (Lipinski definition) is 3. The van der Waals surface area contributed by atoms with Crippen LogP contribution in [0, 0.1) is 6.92 Å². The number of benzene rings is 2. The number of carbonyl (C=O) groups is 2. The van der Waals surface area contributed by atoms with E-state index in [1.165, 1.54) is 4.57 Å². The van der Waals surface area contributed by atoms with Crippen LogP contribution in [0.3, 0.4) is 0 Å². The number of fused-ring (bicyclic) bond motifs is 1. The average molecular weight is 353 g/mol. The van der Waals surface area contributed by atoms with Crippen molar-refractivity contribution in [3.8, 4) is 0 Å². The molecule has 0 saturated carbocycles. The number of aromatic nitrogens is 2. The first-order valence-corrected chi connectivity index (χ1v) is 8.19. The van der Waals surface area contributed by atoms with Crippen molar-refractivity contribution in [3.63, 3.8) is 0 Å². The van der Waals surface area contributed by atoms with Gasteiger partial charge in [-0.1, -0.05) is 42.0 Å². The van der Waals surface area contributed by atoms with Crippen molar-refractivity contribution >= 4 is 22.9 Å². The van der Waals surface area contributed by atoms with E-state index in [1.54, 1.807) is 36.4 Å². The Balaban J connectivity index is 1.81. The van der Waals surface area contributed by atoms with Crippen LogP contribution in [0.15, 0.2) is 53.3 Å². The van der Waals surface area contributed by atoms with Crippen LogP contribution in [-0.4, -0.2) is 26.5 Å². The number of carboxylic acid groups (broad SMARTS) is 1. The Labute approximate surface area is 149 Å². The van der Waals surface area contributed by atoms with Crippen molar-refractivity contribution < 1.29 is 14.7 Å². The molecule has 134 valence electrons. The highest BCUT2D eigenvalue weighted by molar-refractivity contribution is 5.81. The van der Waals surface area contributed by atoms with Crippen LogP contribution in [0.1, 0.15) is 23.6 Å². The predicted octanol–water partition coefficient (Wildman–Crippen LogP) is 1.97. The topological polar surface area (TPSA) is 104 Å². The molecular weight excluding hydrogens is 334 g/mol. The molecule has 7 heteroatoms. The van der Waals surface area contributed by atoms with Gasteiger partial charge in [-0.2, -0.15) is 0 Å². The van der Waals surface area contributed by atoms with E-state index in [-0.39, 0.29) is 18.7 Å². The largest absolute Gasteiger partial charge is 0.481 e. The number of aliphatic carboxylic acids is 1. The monoisotopic (exact) mass is 353 g/mol. The normalized spacial score (nSPS) is 12.0. The lowest BCUT2D eigenvalue weighted by Crippen LogP contribution is -2.35. The van der Waals surface area contributed by atoms with Gasteiger partial charge in [-0.15, -0.1) is 0 Å². The molecule has 1 heterocycles. The number of nitrogens with one attached hydrogen (secondary N) is 2. The number of rotatable bonds is 6. The van der Waals surface area contributed by atoms with Gasteiger partial charge in [0.25, 0.3) is 0 Å². The Bertz CT molecular complexity index is 1000. The third-order valence-electron chi connectivity index (χ3n) is 4.18. The van der Waals surface area contributed by atoms with E-state index in [4.69, 9.17) is 5.11 Å². The Morgan fingerprint density at radius 1 is 1.15 bits per heavy atom. The maximum atomic E-state index is 12.5. The maximum Gasteiger partial charge on any atom is 0.326 e. The molecule has 0 aliphatic heterocycles. The van der Waals surface area contributed by atoms with E-state index in [9.17, 15) is 14.4 Å². The van der Waals surface area contributed by atoms with Gasteiger partial charge in [-0.25, -0.2) is 4.79 Å². The van der Waals surface area contributed by atoms with Crippen LogP contribution >= 0.6 is 0 Å². The zero-order valence-corrected chi connectivity index (χ0v) is 14.2. The smallest absolute Gasteiger partial charge is 0.326 e. The lowest BCUT2D eigenvalue weighted by molar-refractivity contribution is -0.137. The van der Waals surface area contributed by atoms with Crippen molar-refractivity contribution in [2.24, 2.45) is 0 Å². The Morgan fingerprint density at radius 3 is 2.54 bits per heavy atom. The van der Waals surface area contributed by atoms with Crippen LogP contribution in [0.2, 0.25) is 0 Å². The summed E-state index contributed by atoms with van der Waals surface area (Å²) in [6, 6.07) is 13.7. The van der Waals surface area contributed by atoms with Crippen molar-refractivity contribution in [1.82, 2.24) is 14.9 Å². The molecule has 1 atom stereocenters. The minimum absolute atomic E-state index is 0.190. The first kappa shape index (κ1) is 17.5. The van der Waals surface area contributed by atoms with E-state index in [0.717, 1.165) is 5.56 Å². The summed E-state index contributed by atoms with van der Waals surface area (Å²) in [5.41, 5.74) is 2.63. The Hall–Kier alpha value is -3.35. The van der Waals surface area contributed by atoms with E-state index in [2.05, 4.69) is 10.3 Å². The lowest BCUT2D eigenvalue weighted by atomic mass is 10.0. The molecule has 26 heavy (non-hydrogen) atoms. The molecule has 3 N–H and O–H groups in total. The van der Waals surface area contributed by atoms with Gasteiger partial charge in [-0.05, 0) is 24.6 Å². The number of nitrogens with zero attached hydrogens (tertiary/aromatic N) is 1. The SMILES string of the molecule is Cc1ccc(C(CC(=O)O)NC(=O)Cn2c(=O)[nH]c3ccccc32)cc1. The zero-order chi connectivity index (χ0) is 18.7. The van der Waals surface area contributed by atoms with E-state index < -0.39 is 17.9 Å². The maximum absolute atomic E-state index is 12.5. The summed E-state index contributed by atoms with van der Waals surface area (Å²) in [7, 11) is 0. The van der Waals surface area contributed by atoms with E-state index in [1.807, 2.05) is 19.1 Å². The number of amides is 1. The number of imidazole rings is 1. The van der Waals surface area contributed by atoms with Crippen molar-refractivity contribution in [3.05, 3.63) is 70.1 Å². The first-order chi connectivity index (χ1) is 12.4. The number of carbonyl (C=O) groups excluding carboxylic acids is 1. The van der Waals surface area contributed by atoms with E-state index in [0.29, 0.717) is 16.6 Å². The Kier molecular flexibility index (Phi) is 4.88. The van der Waals surface area contributed by atoms with Gasteiger partial charge < -0.3 is 15.4 Å². The minimum Gasteiger partial charge on any atom is -0.481 e. The minimum atomic E-state index is -1.01. The predicted molar refractivity (Wildman–Crippen MR) is 96.9 cm³/mol. The van der Waals surface area contributed by atoms with Crippen LogP contribution < -0.4 is 11.0 Å². The highest BCUT2D eigenvalue weighted by atomic mass is 16.4. The number of carboxylic acids is 1. The highest BCUT2D eigenvalue weighted by Gasteiger charge is 2.19. The van der Waals surface area contributed by atoms with Crippen LogP contribution in [0.25, 0.3) is 11.0 Å². The highest BCUT2D eigenvalue weighted by Crippen LogP contribution is 2.18. The molecule has 0 spiro atoms. The summed E-state index contributed by atoms with van der Waals surface area (Å²) in [5, 5.41) is 11.9. The average Bonchev–Trinajstić information content (AvgIpc) is 2.90. The summed E-state index contributed by atoms with van der Waals surface area (Å²) >= 11 is 0. The molecule has 2 aromatic carbocycles. The fourth-order valence-corrected chi connectivity index (χ4v) is 2.87. The van der Waals surface area contributed by atoms with Crippen molar-refractivity contribution in [2.45, 2.75) is 25.9 Å². The van der Waals surface area contributed by atoms with Crippen molar-refractivity contribution in [2.75, 3.05) is 0 Å². The van der Waals surface area contributed by atoms with Gasteiger partial charge in [-0.3, -0.25) is 14.2 Å². The molecule has 0 fully saturated rings.